The van der Waals surface area contributed by atoms with Crippen molar-refractivity contribution >= 4 is 11.6 Å². The van der Waals surface area contributed by atoms with Crippen molar-refractivity contribution in [3.05, 3.63) is 29.8 Å². The standard InChI is InChI=1S/C13H16N2O2/c16-12-10-6-2-3-7-11(10)14-13(15(12)17)8-4-1-5-9-13/h2-3,6-7,14,17H,1,4-5,8-9H2. The number of nitrogens with zero attached hydrogens (tertiary/aromatic N) is 1. The van der Waals surface area contributed by atoms with Crippen LogP contribution in [0, 0.1) is 0 Å². The molecule has 0 atom stereocenters. The van der Waals surface area contributed by atoms with E-state index in [0.717, 1.165) is 36.4 Å². The number of hydrogen-bond acceptors (Lipinski definition) is 3. The average Bonchev–Trinajstić information content (AvgIpc) is 2.37. The zero-order valence-corrected chi connectivity index (χ0v) is 9.65. The van der Waals surface area contributed by atoms with Crippen LogP contribution in [0.25, 0.3) is 0 Å². The highest BCUT2D eigenvalue weighted by Gasteiger charge is 2.44. The Morgan fingerprint density at radius 1 is 1.18 bits per heavy atom. The number of carbonyl (C=O) groups excluding carboxylic acids is 1. The second kappa shape index (κ2) is 3.74. The molecule has 17 heavy (non-hydrogen) atoms. The molecule has 2 N–H and O–H groups in total. The van der Waals surface area contributed by atoms with E-state index < -0.39 is 5.66 Å². The van der Waals surface area contributed by atoms with Crippen molar-refractivity contribution in [1.82, 2.24) is 5.06 Å². The van der Waals surface area contributed by atoms with Crippen LogP contribution in [0.1, 0.15) is 42.5 Å². The van der Waals surface area contributed by atoms with E-state index >= 15 is 0 Å². The highest BCUT2D eigenvalue weighted by Crippen LogP contribution is 2.39. The minimum Gasteiger partial charge on any atom is -0.360 e. The lowest BCUT2D eigenvalue weighted by atomic mass is 9.86. The van der Waals surface area contributed by atoms with Gasteiger partial charge in [0, 0.05) is 5.69 Å². The predicted molar refractivity (Wildman–Crippen MR) is 63.8 cm³/mol. The molecule has 1 aliphatic carbocycles. The first-order valence-corrected chi connectivity index (χ1v) is 6.14. The quantitative estimate of drug-likeness (QED) is 0.676. The molecule has 0 bridgehead atoms. The lowest BCUT2D eigenvalue weighted by Gasteiger charge is -2.46. The van der Waals surface area contributed by atoms with E-state index in [9.17, 15) is 10.0 Å². The zero-order valence-electron chi connectivity index (χ0n) is 9.65. The van der Waals surface area contributed by atoms with Crippen molar-refractivity contribution in [1.29, 1.82) is 0 Å². The molecule has 0 saturated heterocycles. The van der Waals surface area contributed by atoms with Crippen molar-refractivity contribution in [3.63, 3.8) is 0 Å². The number of para-hydroxylation sites is 1. The number of hydrogen-bond donors (Lipinski definition) is 2. The smallest absolute Gasteiger partial charge is 0.281 e. The van der Waals surface area contributed by atoms with E-state index in [1.165, 1.54) is 6.42 Å². The van der Waals surface area contributed by atoms with Gasteiger partial charge in [-0.2, -0.15) is 5.06 Å². The normalized spacial score (nSPS) is 22.2. The molecule has 1 heterocycles. The molecule has 2 aliphatic rings. The number of carbonyl (C=O) groups is 1. The summed E-state index contributed by atoms with van der Waals surface area (Å²) in [7, 11) is 0. The molecule has 1 saturated carbocycles. The first kappa shape index (κ1) is 10.6. The molecular weight excluding hydrogens is 216 g/mol. The molecule has 4 heteroatoms. The van der Waals surface area contributed by atoms with Crippen molar-refractivity contribution in [3.8, 4) is 0 Å². The van der Waals surface area contributed by atoms with Crippen LogP contribution in [-0.4, -0.2) is 21.8 Å². The Labute approximate surface area is 100 Å². The lowest BCUT2D eigenvalue weighted by molar-refractivity contribution is -0.136. The van der Waals surface area contributed by atoms with Gasteiger partial charge < -0.3 is 5.32 Å². The first-order chi connectivity index (χ1) is 8.23. The van der Waals surface area contributed by atoms with Gasteiger partial charge in [0.2, 0.25) is 0 Å². The Balaban J connectivity index is 2.03. The van der Waals surface area contributed by atoms with Crippen LogP contribution in [0.3, 0.4) is 0 Å². The van der Waals surface area contributed by atoms with Crippen molar-refractivity contribution < 1.29 is 10.0 Å². The first-order valence-electron chi connectivity index (χ1n) is 6.14. The van der Waals surface area contributed by atoms with Gasteiger partial charge in [0.1, 0.15) is 5.66 Å². The Morgan fingerprint density at radius 2 is 1.88 bits per heavy atom. The van der Waals surface area contributed by atoms with Gasteiger partial charge in [-0.1, -0.05) is 18.6 Å². The minimum atomic E-state index is -0.580. The van der Waals surface area contributed by atoms with Crippen LogP contribution in [0.2, 0.25) is 0 Å². The van der Waals surface area contributed by atoms with Crippen LogP contribution < -0.4 is 5.32 Å². The maximum atomic E-state index is 12.1. The summed E-state index contributed by atoms with van der Waals surface area (Å²) < 4.78 is 0. The van der Waals surface area contributed by atoms with E-state index in [1.54, 1.807) is 6.07 Å². The summed E-state index contributed by atoms with van der Waals surface area (Å²) in [5.74, 6) is -0.291. The van der Waals surface area contributed by atoms with E-state index in [-0.39, 0.29) is 5.91 Å². The molecule has 4 nitrogen and oxygen atoms in total. The van der Waals surface area contributed by atoms with Gasteiger partial charge in [-0.05, 0) is 37.8 Å². The molecule has 90 valence electrons. The summed E-state index contributed by atoms with van der Waals surface area (Å²) in [5, 5.41) is 14.4. The number of rotatable bonds is 0. The van der Waals surface area contributed by atoms with Crippen molar-refractivity contribution in [2.45, 2.75) is 37.8 Å². The number of anilines is 1. The predicted octanol–water partition coefficient (Wildman–Crippen LogP) is 2.60. The summed E-state index contributed by atoms with van der Waals surface area (Å²) >= 11 is 0. The number of benzene rings is 1. The average molecular weight is 232 g/mol. The summed E-state index contributed by atoms with van der Waals surface area (Å²) in [4.78, 5) is 12.1. The lowest BCUT2D eigenvalue weighted by Crippen LogP contribution is -2.59. The third-order valence-electron chi connectivity index (χ3n) is 3.80. The molecule has 1 aromatic carbocycles. The Bertz CT molecular complexity index is 452. The molecule has 1 aromatic rings. The van der Waals surface area contributed by atoms with Crippen molar-refractivity contribution in [2.24, 2.45) is 0 Å². The second-order valence-electron chi connectivity index (χ2n) is 4.88. The topological polar surface area (TPSA) is 52.6 Å². The Kier molecular flexibility index (Phi) is 2.33. The maximum Gasteiger partial charge on any atom is 0.281 e. The fraction of sp³-hybridized carbons (Fsp3) is 0.462. The van der Waals surface area contributed by atoms with E-state index in [0.29, 0.717) is 5.56 Å². The minimum absolute atomic E-state index is 0.291. The van der Waals surface area contributed by atoms with E-state index in [4.69, 9.17) is 0 Å². The monoisotopic (exact) mass is 232 g/mol. The van der Waals surface area contributed by atoms with Crippen LogP contribution in [0.4, 0.5) is 5.69 Å². The molecule has 0 unspecified atom stereocenters. The highest BCUT2D eigenvalue weighted by molar-refractivity contribution is 6.01. The Hall–Kier alpha value is -1.55. The number of fused-ring (bicyclic) bond motifs is 1. The zero-order chi connectivity index (χ0) is 11.9. The molecular formula is C13H16N2O2. The third-order valence-corrected chi connectivity index (χ3v) is 3.80. The van der Waals surface area contributed by atoms with E-state index in [1.807, 2.05) is 18.2 Å². The van der Waals surface area contributed by atoms with Gasteiger partial charge in [-0.25, -0.2) is 0 Å². The van der Waals surface area contributed by atoms with Crippen LogP contribution in [-0.2, 0) is 0 Å². The maximum absolute atomic E-state index is 12.1. The second-order valence-corrected chi connectivity index (χ2v) is 4.88. The molecule has 0 aromatic heterocycles. The fourth-order valence-electron chi connectivity index (χ4n) is 2.86. The van der Waals surface area contributed by atoms with Gasteiger partial charge in [0.05, 0.1) is 5.56 Å². The van der Waals surface area contributed by atoms with Gasteiger partial charge in [-0.3, -0.25) is 10.0 Å². The fourth-order valence-corrected chi connectivity index (χ4v) is 2.86. The molecule has 1 spiro atoms. The number of hydroxylamine groups is 2. The van der Waals surface area contributed by atoms with Gasteiger partial charge in [-0.15, -0.1) is 0 Å². The van der Waals surface area contributed by atoms with Crippen LogP contribution >= 0.6 is 0 Å². The SMILES string of the molecule is O=C1c2ccccc2NC2(CCCCC2)N1O. The van der Waals surface area contributed by atoms with Gasteiger partial charge >= 0.3 is 0 Å². The van der Waals surface area contributed by atoms with E-state index in [2.05, 4.69) is 5.32 Å². The Morgan fingerprint density at radius 3 is 2.65 bits per heavy atom. The van der Waals surface area contributed by atoms with Crippen LogP contribution in [0.15, 0.2) is 24.3 Å². The number of nitrogens with one attached hydrogen (secondary N) is 1. The summed E-state index contributed by atoms with van der Waals surface area (Å²) in [6.07, 6.45) is 4.87. The highest BCUT2D eigenvalue weighted by atomic mass is 16.5. The number of amides is 1. The van der Waals surface area contributed by atoms with Gasteiger partial charge in [0.15, 0.2) is 0 Å². The summed E-state index contributed by atoms with van der Waals surface area (Å²) in [6, 6.07) is 7.36. The van der Waals surface area contributed by atoms with Crippen molar-refractivity contribution in [2.75, 3.05) is 5.32 Å². The molecule has 1 aliphatic heterocycles. The molecule has 3 rings (SSSR count). The molecule has 1 amide bonds. The molecule has 0 radical (unpaired) electrons. The summed E-state index contributed by atoms with van der Waals surface area (Å²) in [5.41, 5.74) is 0.805. The molecule has 1 fully saturated rings. The largest absolute Gasteiger partial charge is 0.360 e. The summed E-state index contributed by atoms with van der Waals surface area (Å²) in [6.45, 7) is 0. The van der Waals surface area contributed by atoms with Crippen LogP contribution in [0.5, 0.6) is 0 Å². The third kappa shape index (κ3) is 1.52. The van der Waals surface area contributed by atoms with Gasteiger partial charge in [0.25, 0.3) is 5.91 Å².